The fourth-order valence-corrected chi connectivity index (χ4v) is 3.94. The van der Waals surface area contributed by atoms with Crippen LogP contribution >= 0.6 is 23.2 Å². The van der Waals surface area contributed by atoms with E-state index < -0.39 is 10.0 Å². The van der Waals surface area contributed by atoms with Crippen LogP contribution in [0.1, 0.15) is 19.4 Å². The third-order valence-corrected chi connectivity index (χ3v) is 5.62. The van der Waals surface area contributed by atoms with Gasteiger partial charge in [-0.1, -0.05) is 29.3 Å². The third-order valence-electron chi connectivity index (χ3n) is 3.24. The smallest absolute Gasteiger partial charge is 0.240 e. The zero-order chi connectivity index (χ0) is 18.6. The molecule has 0 aliphatic carbocycles. The van der Waals surface area contributed by atoms with Crippen molar-refractivity contribution in [1.29, 1.82) is 0 Å². The Balaban J connectivity index is 2.07. The van der Waals surface area contributed by atoms with Gasteiger partial charge in [-0.15, -0.1) is 0 Å². The fourth-order valence-electron chi connectivity index (χ4n) is 2.16. The van der Waals surface area contributed by atoms with Gasteiger partial charge < -0.3 is 5.32 Å². The minimum absolute atomic E-state index is 0.0213. The molecule has 25 heavy (non-hydrogen) atoms. The maximum absolute atomic E-state index is 12.2. The van der Waals surface area contributed by atoms with Crippen LogP contribution in [-0.2, 0) is 21.2 Å². The molecule has 8 heteroatoms. The van der Waals surface area contributed by atoms with Crippen molar-refractivity contribution in [3.63, 3.8) is 0 Å². The highest BCUT2D eigenvalue weighted by Crippen LogP contribution is 2.25. The first-order chi connectivity index (χ1) is 11.7. The minimum Gasteiger partial charge on any atom is -0.326 e. The predicted octanol–water partition coefficient (Wildman–Crippen LogP) is 3.86. The van der Waals surface area contributed by atoms with Gasteiger partial charge in [0.25, 0.3) is 0 Å². The van der Waals surface area contributed by atoms with E-state index in [0.29, 0.717) is 21.3 Å². The Hall–Kier alpha value is -1.60. The number of sulfonamides is 1. The van der Waals surface area contributed by atoms with Crippen LogP contribution in [0.5, 0.6) is 0 Å². The number of amides is 1. The largest absolute Gasteiger partial charge is 0.326 e. The van der Waals surface area contributed by atoms with Crippen molar-refractivity contribution in [3.8, 4) is 0 Å². The molecule has 2 rings (SSSR count). The Labute approximate surface area is 157 Å². The Morgan fingerprint density at radius 2 is 1.60 bits per heavy atom. The summed E-state index contributed by atoms with van der Waals surface area (Å²) in [6.45, 7) is 3.48. The third kappa shape index (κ3) is 5.44. The van der Waals surface area contributed by atoms with Gasteiger partial charge in [0.15, 0.2) is 0 Å². The van der Waals surface area contributed by atoms with Gasteiger partial charge in [0.05, 0.1) is 11.3 Å². The Kier molecular flexibility index (Phi) is 6.46. The monoisotopic (exact) mass is 400 g/mol. The van der Waals surface area contributed by atoms with Crippen molar-refractivity contribution in [2.45, 2.75) is 31.2 Å². The van der Waals surface area contributed by atoms with Gasteiger partial charge in [0.1, 0.15) is 0 Å². The fraction of sp³-hybridized carbons (Fsp3) is 0.235. The molecule has 0 fully saturated rings. The van der Waals surface area contributed by atoms with Crippen LogP contribution < -0.4 is 10.0 Å². The molecule has 1 amide bonds. The van der Waals surface area contributed by atoms with Crippen LogP contribution in [0.3, 0.4) is 0 Å². The molecule has 2 N–H and O–H groups in total. The zero-order valence-electron chi connectivity index (χ0n) is 13.7. The van der Waals surface area contributed by atoms with Crippen LogP contribution in [-0.4, -0.2) is 20.4 Å². The second kappa shape index (κ2) is 8.19. The van der Waals surface area contributed by atoms with Crippen LogP contribution in [0.2, 0.25) is 10.0 Å². The number of hydrogen-bond acceptors (Lipinski definition) is 3. The van der Waals surface area contributed by atoms with Crippen LogP contribution in [0.4, 0.5) is 5.69 Å². The highest BCUT2D eigenvalue weighted by molar-refractivity contribution is 7.89. The first kappa shape index (κ1) is 19.7. The Bertz CT molecular complexity index is 846. The van der Waals surface area contributed by atoms with Gasteiger partial charge in [-0.05, 0) is 55.8 Å². The molecule has 134 valence electrons. The van der Waals surface area contributed by atoms with Crippen LogP contribution in [0, 0.1) is 0 Å². The average Bonchev–Trinajstić information content (AvgIpc) is 2.50. The molecule has 0 heterocycles. The Morgan fingerprint density at radius 1 is 1.04 bits per heavy atom. The lowest BCUT2D eigenvalue weighted by Gasteiger charge is -2.11. The van der Waals surface area contributed by atoms with E-state index in [2.05, 4.69) is 10.0 Å². The van der Waals surface area contributed by atoms with E-state index in [1.807, 2.05) is 0 Å². The summed E-state index contributed by atoms with van der Waals surface area (Å²) in [5.74, 6) is -0.300. The lowest BCUT2D eigenvalue weighted by atomic mass is 10.1. The molecule has 2 aromatic rings. The summed E-state index contributed by atoms with van der Waals surface area (Å²) in [6, 6.07) is 10.8. The Morgan fingerprint density at radius 3 is 2.12 bits per heavy atom. The molecule has 2 aromatic carbocycles. The summed E-state index contributed by atoms with van der Waals surface area (Å²) in [5.41, 5.74) is 1.03. The van der Waals surface area contributed by atoms with Gasteiger partial charge >= 0.3 is 0 Å². The highest BCUT2D eigenvalue weighted by atomic mass is 35.5. The molecule has 0 bridgehead atoms. The maximum Gasteiger partial charge on any atom is 0.240 e. The standard InChI is InChI=1S/C17H18Cl2N2O3S/c1-11(2)21-25(23,24)13-8-6-12(7-9-13)20-17(22)10-14-15(18)4-3-5-16(14)19/h3-9,11,21H,10H2,1-2H3,(H,20,22). The van der Waals surface area contributed by atoms with Gasteiger partial charge in [-0.2, -0.15) is 0 Å². The summed E-state index contributed by atoms with van der Waals surface area (Å²) < 4.78 is 26.6. The summed E-state index contributed by atoms with van der Waals surface area (Å²) in [6.07, 6.45) is 0.0213. The molecular formula is C17H18Cl2N2O3S. The van der Waals surface area contributed by atoms with Gasteiger partial charge in [0.2, 0.25) is 15.9 Å². The second-order valence-electron chi connectivity index (χ2n) is 5.73. The normalized spacial score (nSPS) is 11.6. The van der Waals surface area contributed by atoms with Crippen molar-refractivity contribution in [1.82, 2.24) is 4.72 Å². The van der Waals surface area contributed by atoms with E-state index in [4.69, 9.17) is 23.2 Å². The van der Waals surface area contributed by atoms with E-state index in [0.717, 1.165) is 0 Å². The van der Waals surface area contributed by atoms with Gasteiger partial charge in [-0.25, -0.2) is 13.1 Å². The topological polar surface area (TPSA) is 75.3 Å². The average molecular weight is 401 g/mol. The molecule has 0 saturated carbocycles. The summed E-state index contributed by atoms with van der Waals surface area (Å²) >= 11 is 12.1. The molecule has 0 radical (unpaired) electrons. The number of hydrogen-bond donors (Lipinski definition) is 2. The lowest BCUT2D eigenvalue weighted by Crippen LogP contribution is -2.30. The maximum atomic E-state index is 12.2. The van der Waals surface area contributed by atoms with E-state index >= 15 is 0 Å². The molecule has 5 nitrogen and oxygen atoms in total. The first-order valence-corrected chi connectivity index (χ1v) is 9.78. The van der Waals surface area contributed by atoms with Gasteiger partial charge in [0, 0.05) is 21.8 Å². The number of rotatable bonds is 6. The second-order valence-corrected chi connectivity index (χ2v) is 8.25. The number of nitrogens with one attached hydrogen (secondary N) is 2. The summed E-state index contributed by atoms with van der Waals surface area (Å²) in [4.78, 5) is 12.3. The quantitative estimate of drug-likeness (QED) is 0.772. The van der Waals surface area contributed by atoms with Crippen molar-refractivity contribution < 1.29 is 13.2 Å². The molecule has 0 spiro atoms. The van der Waals surface area contributed by atoms with Crippen LogP contribution in [0.15, 0.2) is 47.4 Å². The molecule has 0 saturated heterocycles. The molecular weight excluding hydrogens is 383 g/mol. The van der Waals surface area contributed by atoms with Crippen molar-refractivity contribution in [3.05, 3.63) is 58.1 Å². The van der Waals surface area contributed by atoms with E-state index in [1.165, 1.54) is 24.3 Å². The zero-order valence-corrected chi connectivity index (χ0v) is 16.0. The predicted molar refractivity (Wildman–Crippen MR) is 101 cm³/mol. The number of benzene rings is 2. The van der Waals surface area contributed by atoms with Crippen molar-refractivity contribution in [2.75, 3.05) is 5.32 Å². The van der Waals surface area contributed by atoms with E-state index in [9.17, 15) is 13.2 Å². The lowest BCUT2D eigenvalue weighted by molar-refractivity contribution is -0.115. The SMILES string of the molecule is CC(C)NS(=O)(=O)c1ccc(NC(=O)Cc2c(Cl)cccc2Cl)cc1. The number of carbonyl (C=O) groups excluding carboxylic acids is 1. The number of halogens is 2. The van der Waals surface area contributed by atoms with Crippen molar-refractivity contribution >= 4 is 44.8 Å². The molecule has 0 atom stereocenters. The minimum atomic E-state index is -3.56. The molecule has 0 aromatic heterocycles. The van der Waals surface area contributed by atoms with E-state index in [1.54, 1.807) is 32.0 Å². The highest BCUT2D eigenvalue weighted by Gasteiger charge is 2.15. The molecule has 0 aliphatic rings. The summed E-state index contributed by atoms with van der Waals surface area (Å²) in [7, 11) is -3.56. The van der Waals surface area contributed by atoms with Crippen molar-refractivity contribution in [2.24, 2.45) is 0 Å². The first-order valence-electron chi connectivity index (χ1n) is 7.54. The number of anilines is 1. The van der Waals surface area contributed by atoms with Gasteiger partial charge in [-0.3, -0.25) is 4.79 Å². The summed E-state index contributed by atoms with van der Waals surface area (Å²) in [5, 5.41) is 3.53. The van der Waals surface area contributed by atoms with Crippen LogP contribution in [0.25, 0.3) is 0 Å². The van der Waals surface area contributed by atoms with E-state index in [-0.39, 0.29) is 23.3 Å². The molecule has 0 aliphatic heterocycles. The molecule has 0 unspecified atom stereocenters. The number of carbonyl (C=O) groups is 1.